The zero-order chi connectivity index (χ0) is 17.8. The van der Waals surface area contributed by atoms with Gasteiger partial charge in [0, 0.05) is 23.7 Å². The third-order valence-corrected chi connectivity index (χ3v) is 5.23. The van der Waals surface area contributed by atoms with Crippen LogP contribution in [0.2, 0.25) is 5.28 Å². The van der Waals surface area contributed by atoms with Crippen molar-refractivity contribution in [3.63, 3.8) is 0 Å². The van der Waals surface area contributed by atoms with Crippen LogP contribution < -0.4 is 5.32 Å². The Morgan fingerprint density at radius 1 is 1.20 bits per heavy atom. The predicted octanol–water partition coefficient (Wildman–Crippen LogP) is 4.77. The summed E-state index contributed by atoms with van der Waals surface area (Å²) < 4.78 is 0.769. The normalized spacial score (nSPS) is 20.1. The van der Waals surface area contributed by atoms with Crippen LogP contribution in [0.15, 0.2) is 41.0 Å². The van der Waals surface area contributed by atoms with Gasteiger partial charge in [-0.3, -0.25) is 4.79 Å². The fraction of sp³-hybridized carbons (Fsp3) is 0.333. The molecular formula is C18H18BrClN4O. The zero-order valence-corrected chi connectivity index (χ0v) is 15.8. The van der Waals surface area contributed by atoms with Gasteiger partial charge in [0.1, 0.15) is 5.82 Å². The van der Waals surface area contributed by atoms with Crippen LogP contribution in [0.5, 0.6) is 0 Å². The second-order valence-corrected chi connectivity index (χ2v) is 7.33. The molecule has 130 valence electrons. The van der Waals surface area contributed by atoms with Crippen LogP contribution >= 0.6 is 27.5 Å². The fourth-order valence-corrected chi connectivity index (χ4v) is 3.54. The monoisotopic (exact) mass is 420 g/mol. The molecule has 5 nitrogen and oxygen atoms in total. The second-order valence-electron chi connectivity index (χ2n) is 6.14. The molecule has 0 radical (unpaired) electrons. The lowest BCUT2D eigenvalue weighted by Gasteiger charge is -2.29. The number of hydrogen-bond donors (Lipinski definition) is 2. The van der Waals surface area contributed by atoms with Gasteiger partial charge < -0.3 is 10.7 Å². The lowest BCUT2D eigenvalue weighted by Crippen LogP contribution is -2.32. The number of carbonyl (C=O) groups is 1. The summed E-state index contributed by atoms with van der Waals surface area (Å²) in [6.45, 7) is 0. The first-order valence-electron chi connectivity index (χ1n) is 8.17. The van der Waals surface area contributed by atoms with Crippen molar-refractivity contribution >= 4 is 44.8 Å². The Kier molecular flexibility index (Phi) is 5.81. The predicted molar refractivity (Wildman–Crippen MR) is 103 cm³/mol. The minimum Gasteiger partial charge on any atom is -0.366 e. The molecule has 7 heteroatoms. The molecule has 0 unspecified atom stereocenters. The smallest absolute Gasteiger partial charge is 0.224 e. The van der Waals surface area contributed by atoms with E-state index in [-0.39, 0.29) is 28.7 Å². The molecule has 1 aromatic carbocycles. The maximum Gasteiger partial charge on any atom is 0.224 e. The molecule has 1 aromatic heterocycles. The Morgan fingerprint density at radius 3 is 2.56 bits per heavy atom. The number of aromatic nitrogens is 2. The average molecular weight is 422 g/mol. The second kappa shape index (κ2) is 8.06. The van der Waals surface area contributed by atoms with E-state index in [9.17, 15) is 4.79 Å². The zero-order valence-electron chi connectivity index (χ0n) is 13.5. The Hall–Kier alpha value is -1.79. The minimum atomic E-state index is -0.165. The first kappa shape index (κ1) is 18.0. The van der Waals surface area contributed by atoms with Crippen LogP contribution in [0.4, 0.5) is 5.82 Å². The Morgan fingerprint density at radius 2 is 1.88 bits per heavy atom. The van der Waals surface area contributed by atoms with E-state index in [1.807, 2.05) is 18.2 Å². The Bertz CT molecular complexity index is 776. The molecule has 0 atom stereocenters. The molecule has 0 aliphatic heterocycles. The van der Waals surface area contributed by atoms with Gasteiger partial charge in [-0.25, -0.2) is 4.98 Å². The summed E-state index contributed by atoms with van der Waals surface area (Å²) in [5.74, 6) is 0.532. The molecule has 1 fully saturated rings. The van der Waals surface area contributed by atoms with Gasteiger partial charge in [0.2, 0.25) is 11.1 Å². The Balaban J connectivity index is 1.57. The summed E-state index contributed by atoms with van der Waals surface area (Å²) in [5.41, 5.74) is 0.809. The quantitative estimate of drug-likeness (QED) is 0.414. The minimum absolute atomic E-state index is 0.0168. The van der Waals surface area contributed by atoms with Gasteiger partial charge in [-0.1, -0.05) is 30.3 Å². The molecule has 1 heterocycles. The van der Waals surface area contributed by atoms with Crippen molar-refractivity contribution in [3.05, 3.63) is 51.8 Å². The van der Waals surface area contributed by atoms with Crippen molar-refractivity contribution in [2.45, 2.75) is 31.7 Å². The van der Waals surface area contributed by atoms with E-state index >= 15 is 0 Å². The maximum absolute atomic E-state index is 12.4. The van der Waals surface area contributed by atoms with Crippen LogP contribution in [0.3, 0.4) is 0 Å². The van der Waals surface area contributed by atoms with Crippen molar-refractivity contribution < 1.29 is 4.79 Å². The molecule has 1 saturated carbocycles. The van der Waals surface area contributed by atoms with Gasteiger partial charge in [-0.15, -0.1) is 0 Å². The van der Waals surface area contributed by atoms with E-state index in [0.717, 1.165) is 30.2 Å². The van der Waals surface area contributed by atoms with E-state index in [0.29, 0.717) is 11.4 Å². The number of rotatable bonds is 5. The van der Waals surface area contributed by atoms with Gasteiger partial charge >= 0.3 is 0 Å². The number of hydrogen-bond acceptors (Lipinski definition) is 5. The van der Waals surface area contributed by atoms with E-state index in [1.54, 1.807) is 18.3 Å². The molecule has 1 aliphatic rings. The summed E-state index contributed by atoms with van der Waals surface area (Å²) in [6, 6.07) is 9.30. The lowest BCUT2D eigenvalue weighted by atomic mass is 9.81. The number of benzene rings is 1. The van der Waals surface area contributed by atoms with E-state index in [4.69, 9.17) is 17.0 Å². The van der Waals surface area contributed by atoms with Crippen LogP contribution in [0.25, 0.3) is 0 Å². The summed E-state index contributed by atoms with van der Waals surface area (Å²) in [5, 5.41) is 11.8. The molecule has 3 rings (SSSR count). The highest BCUT2D eigenvalue weighted by Crippen LogP contribution is 2.30. The summed E-state index contributed by atoms with van der Waals surface area (Å²) >= 11 is 9.26. The van der Waals surface area contributed by atoms with Crippen molar-refractivity contribution in [2.75, 3.05) is 5.32 Å². The third-order valence-electron chi connectivity index (χ3n) is 4.47. The van der Waals surface area contributed by atoms with Crippen molar-refractivity contribution in [3.8, 4) is 0 Å². The van der Waals surface area contributed by atoms with Crippen LogP contribution in [-0.4, -0.2) is 27.5 Å². The number of ketones is 1. The molecule has 0 amide bonds. The standard InChI is InChI=1S/C18H18BrClN4O/c19-14-10-22-18(20)24-17(14)23-13-8-6-11(7-9-13)15(21)16(25)12-4-2-1-3-5-12/h1-5,10-11,13,21H,6-9H2,(H,22,23,24). The SMILES string of the molecule is N=C(C(=O)c1ccccc1)C1CCC(Nc2nc(Cl)ncc2Br)CC1. The van der Waals surface area contributed by atoms with Gasteiger partial charge in [0.15, 0.2) is 0 Å². The highest BCUT2D eigenvalue weighted by atomic mass is 79.9. The van der Waals surface area contributed by atoms with Gasteiger partial charge in [-0.2, -0.15) is 4.98 Å². The van der Waals surface area contributed by atoms with Crippen LogP contribution in [-0.2, 0) is 0 Å². The number of Topliss-reactive ketones (excluding diaryl/α,β-unsaturated/α-hetero) is 1. The molecular weight excluding hydrogens is 404 g/mol. The molecule has 0 saturated heterocycles. The number of nitrogens with zero attached hydrogens (tertiary/aromatic N) is 2. The van der Waals surface area contributed by atoms with Gasteiger partial charge in [0.25, 0.3) is 0 Å². The largest absolute Gasteiger partial charge is 0.366 e. The van der Waals surface area contributed by atoms with Crippen LogP contribution in [0, 0.1) is 11.3 Å². The third kappa shape index (κ3) is 4.44. The van der Waals surface area contributed by atoms with Crippen molar-refractivity contribution in [2.24, 2.45) is 5.92 Å². The van der Waals surface area contributed by atoms with Crippen LogP contribution in [0.1, 0.15) is 36.0 Å². The topological polar surface area (TPSA) is 78.7 Å². The maximum atomic E-state index is 12.4. The highest BCUT2D eigenvalue weighted by molar-refractivity contribution is 9.10. The van der Waals surface area contributed by atoms with Crippen molar-refractivity contribution in [1.82, 2.24) is 9.97 Å². The van der Waals surface area contributed by atoms with E-state index in [2.05, 4.69) is 31.2 Å². The van der Waals surface area contributed by atoms with E-state index < -0.39 is 0 Å². The first-order valence-corrected chi connectivity index (χ1v) is 9.34. The number of carbonyl (C=O) groups excluding carboxylic acids is 1. The average Bonchev–Trinajstić information content (AvgIpc) is 2.65. The number of halogens is 2. The van der Waals surface area contributed by atoms with Crippen molar-refractivity contribution in [1.29, 1.82) is 5.41 Å². The lowest BCUT2D eigenvalue weighted by molar-refractivity contribution is 0.105. The summed E-state index contributed by atoms with van der Waals surface area (Å²) in [6.07, 6.45) is 5.00. The first-order chi connectivity index (χ1) is 12.0. The highest BCUT2D eigenvalue weighted by Gasteiger charge is 2.28. The van der Waals surface area contributed by atoms with Gasteiger partial charge in [-0.05, 0) is 53.2 Å². The van der Waals surface area contributed by atoms with E-state index in [1.165, 1.54) is 0 Å². The van der Waals surface area contributed by atoms with Gasteiger partial charge in [0.05, 0.1) is 10.2 Å². The molecule has 0 spiro atoms. The molecule has 25 heavy (non-hydrogen) atoms. The molecule has 1 aliphatic carbocycles. The summed E-state index contributed by atoms with van der Waals surface area (Å²) in [7, 11) is 0. The molecule has 2 N–H and O–H groups in total. The Labute approximate surface area is 159 Å². The number of nitrogens with one attached hydrogen (secondary N) is 2. The summed E-state index contributed by atoms with van der Waals surface area (Å²) in [4.78, 5) is 20.5. The molecule has 0 bridgehead atoms. The fourth-order valence-electron chi connectivity index (χ4n) is 3.10. The molecule has 2 aromatic rings. The number of anilines is 1.